The zero-order valence-corrected chi connectivity index (χ0v) is 21.2. The molecule has 0 saturated carbocycles. The molecule has 38 heavy (non-hydrogen) atoms. The number of amides is 1. The molecule has 1 amide bonds. The molecule has 192 valence electrons. The maximum Gasteiger partial charge on any atom is 0.290 e. The van der Waals surface area contributed by atoms with Gasteiger partial charge in [-0.15, -0.1) is 0 Å². The van der Waals surface area contributed by atoms with E-state index in [2.05, 4.69) is 4.98 Å². The van der Waals surface area contributed by atoms with Gasteiger partial charge in [-0.05, 0) is 59.5 Å². The Labute approximate surface area is 220 Å². The van der Waals surface area contributed by atoms with E-state index >= 15 is 0 Å². The third-order valence-electron chi connectivity index (χ3n) is 6.82. The molecular weight excluding hydrogens is 480 g/mol. The zero-order chi connectivity index (χ0) is 26.6. The van der Waals surface area contributed by atoms with Crippen LogP contribution in [-0.4, -0.2) is 47.4 Å². The molecule has 0 bridgehead atoms. The molecule has 2 N–H and O–H groups in total. The highest BCUT2D eigenvalue weighted by atomic mass is 16.5. The number of fused-ring (bicyclic) bond motifs is 1. The van der Waals surface area contributed by atoms with Crippen molar-refractivity contribution in [2.24, 2.45) is 0 Å². The van der Waals surface area contributed by atoms with Crippen LogP contribution < -0.4 is 9.47 Å². The van der Waals surface area contributed by atoms with Gasteiger partial charge in [0.1, 0.15) is 11.5 Å². The lowest BCUT2D eigenvalue weighted by atomic mass is 9.95. The second-order valence-corrected chi connectivity index (χ2v) is 9.02. The molecule has 5 rings (SSSR count). The number of aliphatic hydroxyl groups is 1. The number of hydrogen-bond acceptors (Lipinski definition) is 5. The summed E-state index contributed by atoms with van der Waals surface area (Å²) < 4.78 is 10.7. The number of ether oxygens (including phenoxy) is 2. The van der Waals surface area contributed by atoms with Gasteiger partial charge in [-0.25, -0.2) is 0 Å². The van der Waals surface area contributed by atoms with E-state index in [4.69, 9.17) is 9.47 Å². The molecular formula is C31H28N2O5. The highest BCUT2D eigenvalue weighted by molar-refractivity contribution is 6.14. The minimum absolute atomic E-state index is 0.0629. The first-order chi connectivity index (χ1) is 18.5. The highest BCUT2D eigenvalue weighted by Crippen LogP contribution is 2.39. The lowest BCUT2D eigenvalue weighted by Gasteiger charge is -2.26. The van der Waals surface area contributed by atoms with Crippen molar-refractivity contribution in [3.63, 3.8) is 0 Å². The summed E-state index contributed by atoms with van der Waals surface area (Å²) in [6.07, 6.45) is 5.51. The van der Waals surface area contributed by atoms with Crippen molar-refractivity contribution in [3.05, 3.63) is 113 Å². The predicted octanol–water partition coefficient (Wildman–Crippen LogP) is 5.41. The molecule has 2 heterocycles. The van der Waals surface area contributed by atoms with Crippen molar-refractivity contribution in [2.45, 2.75) is 12.5 Å². The minimum Gasteiger partial charge on any atom is -0.503 e. The Morgan fingerprint density at radius 1 is 1.00 bits per heavy atom. The molecule has 7 nitrogen and oxygen atoms in total. The van der Waals surface area contributed by atoms with Crippen LogP contribution in [0.5, 0.6) is 11.5 Å². The number of aliphatic hydroxyl groups excluding tert-OH is 1. The van der Waals surface area contributed by atoms with Crippen LogP contribution in [0.2, 0.25) is 0 Å². The van der Waals surface area contributed by atoms with Crippen molar-refractivity contribution in [2.75, 3.05) is 20.8 Å². The lowest BCUT2D eigenvalue weighted by Crippen LogP contribution is -2.33. The molecule has 0 radical (unpaired) electrons. The van der Waals surface area contributed by atoms with E-state index < -0.39 is 23.5 Å². The number of aromatic amines is 1. The fourth-order valence-corrected chi connectivity index (χ4v) is 4.83. The number of methoxy groups -OCH3 is 2. The van der Waals surface area contributed by atoms with Gasteiger partial charge in [0.15, 0.2) is 11.5 Å². The zero-order valence-electron chi connectivity index (χ0n) is 21.2. The van der Waals surface area contributed by atoms with Gasteiger partial charge in [0, 0.05) is 23.6 Å². The topological polar surface area (TPSA) is 91.9 Å². The molecule has 0 aliphatic carbocycles. The maximum absolute atomic E-state index is 13.4. The van der Waals surface area contributed by atoms with Crippen molar-refractivity contribution in [1.29, 1.82) is 0 Å². The summed E-state index contributed by atoms with van der Waals surface area (Å²) in [6.45, 7) is 0.295. The number of aromatic nitrogens is 1. The number of allylic oxidation sites excluding steroid dienone is 1. The van der Waals surface area contributed by atoms with Gasteiger partial charge in [-0.1, -0.05) is 48.5 Å². The van der Waals surface area contributed by atoms with Crippen LogP contribution in [0.25, 0.3) is 17.0 Å². The molecule has 4 aromatic rings. The van der Waals surface area contributed by atoms with Gasteiger partial charge in [-0.2, -0.15) is 0 Å². The Morgan fingerprint density at radius 3 is 2.42 bits per heavy atom. The minimum atomic E-state index is -0.735. The van der Waals surface area contributed by atoms with E-state index in [1.165, 1.54) is 6.08 Å². The number of nitrogens with zero attached hydrogens (tertiary/aromatic N) is 1. The Morgan fingerprint density at radius 2 is 1.71 bits per heavy atom. The first kappa shape index (κ1) is 24.9. The predicted molar refractivity (Wildman–Crippen MR) is 146 cm³/mol. The standard InChI is InChI=1S/C31H28N2O5/c1-37-23-11-9-21(10-12-23)29-28(27(34)15-8-20-6-4-3-5-7-20)30(35)31(36)33(29)17-16-22-19-32-26-14-13-24(38-2)18-25(22)26/h3-15,18-19,29,32,35H,16-17H2,1-2H3/b15-8+. The van der Waals surface area contributed by atoms with Gasteiger partial charge in [0.05, 0.1) is 25.8 Å². The first-order valence-corrected chi connectivity index (χ1v) is 12.3. The summed E-state index contributed by atoms with van der Waals surface area (Å²) >= 11 is 0. The summed E-state index contributed by atoms with van der Waals surface area (Å²) in [4.78, 5) is 31.5. The number of hydrogen-bond donors (Lipinski definition) is 2. The number of carbonyl (C=O) groups excluding carboxylic acids is 2. The van der Waals surface area contributed by atoms with Crippen LogP contribution >= 0.6 is 0 Å². The average Bonchev–Trinajstić information content (AvgIpc) is 3.48. The quantitative estimate of drug-likeness (QED) is 0.295. The average molecular weight is 509 g/mol. The van der Waals surface area contributed by atoms with Crippen LogP contribution in [0.15, 0.2) is 96.4 Å². The Kier molecular flexibility index (Phi) is 7.00. The number of carbonyl (C=O) groups is 2. The number of H-pyrrole nitrogens is 1. The van der Waals surface area contributed by atoms with Gasteiger partial charge in [-0.3, -0.25) is 9.59 Å². The summed E-state index contributed by atoms with van der Waals surface area (Å²) in [7, 11) is 3.20. The molecule has 1 aromatic heterocycles. The molecule has 3 aromatic carbocycles. The van der Waals surface area contributed by atoms with E-state index in [0.29, 0.717) is 24.3 Å². The molecule has 0 saturated heterocycles. The van der Waals surface area contributed by atoms with Crippen molar-refractivity contribution >= 4 is 28.7 Å². The summed E-state index contributed by atoms with van der Waals surface area (Å²) in [5.74, 6) is -0.111. The second kappa shape index (κ2) is 10.7. The van der Waals surface area contributed by atoms with E-state index in [1.54, 1.807) is 37.3 Å². The summed E-state index contributed by atoms with van der Waals surface area (Å²) in [5.41, 5.74) is 3.58. The molecule has 1 aliphatic rings. The Hall–Kier alpha value is -4.78. The molecule has 1 unspecified atom stereocenters. The second-order valence-electron chi connectivity index (χ2n) is 9.02. The van der Waals surface area contributed by atoms with Gasteiger partial charge in [0.2, 0.25) is 0 Å². The number of benzene rings is 3. The molecule has 1 atom stereocenters. The monoisotopic (exact) mass is 508 g/mol. The molecule has 7 heteroatoms. The lowest BCUT2D eigenvalue weighted by molar-refractivity contribution is -0.129. The van der Waals surface area contributed by atoms with Crippen LogP contribution in [0.1, 0.15) is 22.7 Å². The number of rotatable bonds is 9. The number of nitrogens with one attached hydrogen (secondary N) is 1. The van der Waals surface area contributed by atoms with Gasteiger partial charge < -0.3 is 24.5 Å². The van der Waals surface area contributed by atoms with E-state index in [9.17, 15) is 14.7 Å². The first-order valence-electron chi connectivity index (χ1n) is 12.3. The third-order valence-corrected chi connectivity index (χ3v) is 6.82. The summed E-state index contributed by atoms with van der Waals surface area (Å²) in [5, 5.41) is 11.9. The Balaban J connectivity index is 1.47. The molecule has 1 aliphatic heterocycles. The van der Waals surface area contributed by atoms with Crippen LogP contribution in [-0.2, 0) is 16.0 Å². The highest BCUT2D eigenvalue weighted by Gasteiger charge is 2.42. The van der Waals surface area contributed by atoms with Crippen LogP contribution in [0, 0.1) is 0 Å². The smallest absolute Gasteiger partial charge is 0.290 e. The Bertz CT molecular complexity index is 1530. The van der Waals surface area contributed by atoms with Crippen LogP contribution in [0.4, 0.5) is 0 Å². The van der Waals surface area contributed by atoms with E-state index in [0.717, 1.165) is 27.8 Å². The van der Waals surface area contributed by atoms with Gasteiger partial charge >= 0.3 is 0 Å². The molecule has 0 fully saturated rings. The van der Waals surface area contributed by atoms with Crippen molar-refractivity contribution in [3.8, 4) is 11.5 Å². The van der Waals surface area contributed by atoms with Crippen molar-refractivity contribution in [1.82, 2.24) is 9.88 Å². The summed E-state index contributed by atoms with van der Waals surface area (Å²) in [6, 6.07) is 21.6. The molecule has 0 spiro atoms. The SMILES string of the molecule is COc1ccc(C2C(C(=O)/C=C/c3ccccc3)=C(O)C(=O)N2CCc2c[nH]c3ccc(OC)cc23)cc1. The fourth-order valence-electron chi connectivity index (χ4n) is 4.83. The third kappa shape index (κ3) is 4.78. The van der Waals surface area contributed by atoms with Crippen molar-refractivity contribution < 1.29 is 24.2 Å². The van der Waals surface area contributed by atoms with E-state index in [1.807, 2.05) is 66.9 Å². The normalized spacial score (nSPS) is 15.6. The largest absolute Gasteiger partial charge is 0.503 e. The van der Waals surface area contributed by atoms with E-state index in [-0.39, 0.29) is 5.57 Å². The fraction of sp³-hybridized carbons (Fsp3) is 0.161. The maximum atomic E-state index is 13.4. The number of ketones is 1. The van der Waals surface area contributed by atoms with Crippen LogP contribution in [0.3, 0.4) is 0 Å². The van der Waals surface area contributed by atoms with Gasteiger partial charge in [0.25, 0.3) is 5.91 Å².